The van der Waals surface area contributed by atoms with Gasteiger partial charge in [-0.25, -0.2) is 23.9 Å². The highest BCUT2D eigenvalue weighted by atomic mass is 19.1. The minimum absolute atomic E-state index is 0.00260. The molecule has 0 aliphatic rings. The molecule has 1 aromatic carbocycles. The summed E-state index contributed by atoms with van der Waals surface area (Å²) in [6.07, 6.45) is 1.84. The predicted molar refractivity (Wildman–Crippen MR) is 94.0 cm³/mol. The first-order valence-corrected chi connectivity index (χ1v) is 8.00. The van der Waals surface area contributed by atoms with Crippen LogP contribution in [0.2, 0.25) is 0 Å². The molecule has 0 aliphatic heterocycles. The van der Waals surface area contributed by atoms with Gasteiger partial charge in [-0.3, -0.25) is 0 Å². The molecule has 0 atom stereocenters. The van der Waals surface area contributed by atoms with Crippen LogP contribution in [0.5, 0.6) is 5.75 Å². The number of alkyl carbamates (subject to hydrolysis) is 1. The van der Waals surface area contributed by atoms with Gasteiger partial charge in [0.1, 0.15) is 5.60 Å². The largest absolute Gasteiger partial charge is 0.494 e. The van der Waals surface area contributed by atoms with Crippen molar-refractivity contribution < 1.29 is 28.6 Å². The summed E-state index contributed by atoms with van der Waals surface area (Å²) >= 11 is 0. The number of methoxy groups -OCH3 is 1. The van der Waals surface area contributed by atoms with Crippen molar-refractivity contribution in [1.82, 2.24) is 15.3 Å². The molecular weight excluding hydrogens is 357 g/mol. The van der Waals surface area contributed by atoms with Gasteiger partial charge in [0.25, 0.3) is 0 Å². The molecule has 0 saturated carbocycles. The molecular formula is C18H20FN3O5. The Kier molecular flexibility index (Phi) is 5.94. The van der Waals surface area contributed by atoms with Crippen LogP contribution in [0.15, 0.2) is 24.5 Å². The Balaban J connectivity index is 2.36. The SMILES string of the molecule is COc1ccc(-c2cnc(C(=O)O)nc2)c(CNC(=O)OC(C)(C)C)c1F. The molecule has 1 aromatic heterocycles. The second kappa shape index (κ2) is 7.98. The van der Waals surface area contributed by atoms with Gasteiger partial charge < -0.3 is 19.9 Å². The molecule has 0 fully saturated rings. The van der Waals surface area contributed by atoms with E-state index < -0.39 is 23.5 Å². The highest BCUT2D eigenvalue weighted by Gasteiger charge is 2.20. The molecule has 1 amide bonds. The van der Waals surface area contributed by atoms with Crippen LogP contribution >= 0.6 is 0 Å². The Labute approximate surface area is 155 Å². The Morgan fingerprint density at radius 1 is 1.22 bits per heavy atom. The maximum absolute atomic E-state index is 14.8. The van der Waals surface area contributed by atoms with Crippen LogP contribution in [0.4, 0.5) is 9.18 Å². The molecule has 2 rings (SSSR count). The molecule has 27 heavy (non-hydrogen) atoms. The van der Waals surface area contributed by atoms with E-state index in [1.165, 1.54) is 25.6 Å². The summed E-state index contributed by atoms with van der Waals surface area (Å²) < 4.78 is 24.9. The highest BCUT2D eigenvalue weighted by Crippen LogP contribution is 2.30. The fourth-order valence-corrected chi connectivity index (χ4v) is 2.25. The van der Waals surface area contributed by atoms with E-state index in [-0.39, 0.29) is 23.7 Å². The third kappa shape index (κ3) is 5.13. The fraction of sp³-hybridized carbons (Fsp3) is 0.333. The number of aromatic nitrogens is 2. The van der Waals surface area contributed by atoms with Crippen molar-refractivity contribution in [2.24, 2.45) is 0 Å². The molecule has 2 aromatic rings. The smallest absolute Gasteiger partial charge is 0.407 e. The Bertz CT molecular complexity index is 847. The number of carboxylic acid groups (broad SMARTS) is 1. The summed E-state index contributed by atoms with van der Waals surface area (Å²) in [5.74, 6) is -2.30. The lowest BCUT2D eigenvalue weighted by atomic mass is 10.0. The highest BCUT2D eigenvalue weighted by molar-refractivity contribution is 5.83. The first kappa shape index (κ1) is 20.1. The number of benzene rings is 1. The summed E-state index contributed by atoms with van der Waals surface area (Å²) in [6.45, 7) is 4.97. The minimum atomic E-state index is -1.27. The van der Waals surface area contributed by atoms with E-state index in [2.05, 4.69) is 15.3 Å². The van der Waals surface area contributed by atoms with Crippen molar-refractivity contribution in [3.05, 3.63) is 41.7 Å². The van der Waals surface area contributed by atoms with Gasteiger partial charge in [-0.05, 0) is 32.4 Å². The Hall–Kier alpha value is -3.23. The molecule has 0 unspecified atom stereocenters. The van der Waals surface area contributed by atoms with Gasteiger partial charge in [-0.2, -0.15) is 0 Å². The standard InChI is InChI=1S/C18H20FN3O5/c1-18(2,3)27-17(25)22-9-12-11(5-6-13(26-4)14(12)19)10-7-20-15(16(23)24)21-8-10/h5-8H,9H2,1-4H3,(H,22,25)(H,23,24). The van der Waals surface area contributed by atoms with Crippen molar-refractivity contribution in [3.63, 3.8) is 0 Å². The van der Waals surface area contributed by atoms with E-state index in [0.29, 0.717) is 11.1 Å². The van der Waals surface area contributed by atoms with Crippen LogP contribution in [-0.2, 0) is 11.3 Å². The topological polar surface area (TPSA) is 111 Å². The van der Waals surface area contributed by atoms with E-state index in [1.54, 1.807) is 26.8 Å². The summed E-state index contributed by atoms with van der Waals surface area (Å²) in [5.41, 5.74) is 0.219. The Morgan fingerprint density at radius 3 is 2.37 bits per heavy atom. The lowest BCUT2D eigenvalue weighted by Crippen LogP contribution is -2.32. The zero-order valence-electron chi connectivity index (χ0n) is 15.4. The molecule has 2 N–H and O–H groups in total. The number of carbonyl (C=O) groups excluding carboxylic acids is 1. The average molecular weight is 377 g/mol. The van der Waals surface area contributed by atoms with E-state index in [4.69, 9.17) is 14.6 Å². The van der Waals surface area contributed by atoms with Crippen molar-refractivity contribution in [3.8, 4) is 16.9 Å². The van der Waals surface area contributed by atoms with Gasteiger partial charge in [-0.1, -0.05) is 6.07 Å². The van der Waals surface area contributed by atoms with Crippen LogP contribution in [0.1, 0.15) is 37.0 Å². The normalized spacial score (nSPS) is 11.0. The molecule has 144 valence electrons. The molecule has 0 aliphatic carbocycles. The molecule has 0 spiro atoms. The number of nitrogens with one attached hydrogen (secondary N) is 1. The fourth-order valence-electron chi connectivity index (χ4n) is 2.25. The van der Waals surface area contributed by atoms with Crippen LogP contribution in [-0.4, -0.2) is 39.8 Å². The number of rotatable bonds is 5. The average Bonchev–Trinajstić information content (AvgIpc) is 2.59. The quantitative estimate of drug-likeness (QED) is 0.824. The summed E-state index contributed by atoms with van der Waals surface area (Å²) in [5, 5.41) is 11.4. The van der Waals surface area contributed by atoms with Crippen molar-refractivity contribution in [2.45, 2.75) is 32.9 Å². The lowest BCUT2D eigenvalue weighted by molar-refractivity contribution is 0.0522. The monoisotopic (exact) mass is 377 g/mol. The second-order valence-corrected chi connectivity index (χ2v) is 6.56. The number of hydrogen-bond acceptors (Lipinski definition) is 6. The van der Waals surface area contributed by atoms with E-state index >= 15 is 0 Å². The number of hydrogen-bond donors (Lipinski definition) is 2. The molecule has 0 saturated heterocycles. The molecule has 8 nitrogen and oxygen atoms in total. The van der Waals surface area contributed by atoms with Gasteiger partial charge in [0.2, 0.25) is 5.82 Å². The van der Waals surface area contributed by atoms with E-state index in [9.17, 15) is 14.0 Å². The van der Waals surface area contributed by atoms with Crippen molar-refractivity contribution >= 4 is 12.1 Å². The number of nitrogens with zero attached hydrogens (tertiary/aromatic N) is 2. The third-order valence-corrected chi connectivity index (χ3v) is 3.39. The second-order valence-electron chi connectivity index (χ2n) is 6.56. The van der Waals surface area contributed by atoms with Crippen LogP contribution in [0.25, 0.3) is 11.1 Å². The van der Waals surface area contributed by atoms with Gasteiger partial charge in [0.05, 0.1) is 7.11 Å². The molecule has 0 bridgehead atoms. The van der Waals surface area contributed by atoms with Crippen molar-refractivity contribution in [1.29, 1.82) is 0 Å². The minimum Gasteiger partial charge on any atom is -0.494 e. The lowest BCUT2D eigenvalue weighted by Gasteiger charge is -2.20. The van der Waals surface area contributed by atoms with E-state index in [0.717, 1.165) is 0 Å². The van der Waals surface area contributed by atoms with Crippen molar-refractivity contribution in [2.75, 3.05) is 7.11 Å². The zero-order valence-corrected chi connectivity index (χ0v) is 15.4. The van der Waals surface area contributed by atoms with Crippen LogP contribution < -0.4 is 10.1 Å². The predicted octanol–water partition coefficient (Wildman–Crippen LogP) is 3.01. The number of ether oxygens (including phenoxy) is 2. The zero-order chi connectivity index (χ0) is 20.2. The first-order valence-electron chi connectivity index (χ1n) is 8.00. The molecule has 1 heterocycles. The maximum atomic E-state index is 14.8. The number of carboxylic acids is 1. The number of aromatic carboxylic acids is 1. The molecule has 0 radical (unpaired) electrons. The van der Waals surface area contributed by atoms with Crippen LogP contribution in [0, 0.1) is 5.82 Å². The van der Waals surface area contributed by atoms with Gasteiger partial charge >= 0.3 is 12.1 Å². The van der Waals surface area contributed by atoms with Crippen LogP contribution in [0.3, 0.4) is 0 Å². The maximum Gasteiger partial charge on any atom is 0.407 e. The van der Waals surface area contributed by atoms with Gasteiger partial charge in [0, 0.05) is 30.1 Å². The van der Waals surface area contributed by atoms with Gasteiger partial charge in [-0.15, -0.1) is 0 Å². The number of amides is 1. The summed E-state index contributed by atoms with van der Waals surface area (Å²) in [6, 6.07) is 3.00. The number of carbonyl (C=O) groups is 2. The number of halogens is 1. The summed E-state index contributed by atoms with van der Waals surface area (Å²) in [4.78, 5) is 30.2. The van der Waals surface area contributed by atoms with E-state index in [1.807, 2.05) is 0 Å². The Morgan fingerprint density at radius 2 is 1.85 bits per heavy atom. The first-order chi connectivity index (χ1) is 12.6. The third-order valence-electron chi connectivity index (χ3n) is 3.39. The summed E-state index contributed by atoms with van der Waals surface area (Å²) in [7, 11) is 1.33. The van der Waals surface area contributed by atoms with Gasteiger partial charge in [0.15, 0.2) is 11.6 Å². The molecule has 9 heteroatoms.